The molecule has 1 aromatic heterocycles. The first-order valence-corrected chi connectivity index (χ1v) is 6.90. The predicted octanol–water partition coefficient (Wildman–Crippen LogP) is 3.67. The zero-order chi connectivity index (χ0) is 13.9. The minimum absolute atomic E-state index is 0.288. The first-order chi connectivity index (χ1) is 9.76. The lowest BCUT2D eigenvalue weighted by molar-refractivity contribution is 0.632. The summed E-state index contributed by atoms with van der Waals surface area (Å²) >= 11 is 0. The Balaban J connectivity index is 1.89. The lowest BCUT2D eigenvalue weighted by Gasteiger charge is -2.10. The average Bonchev–Trinajstić information content (AvgIpc) is 3.26. The summed E-state index contributed by atoms with van der Waals surface area (Å²) in [5, 5.41) is 6.14. The van der Waals surface area contributed by atoms with Crippen molar-refractivity contribution in [3.63, 3.8) is 0 Å². The van der Waals surface area contributed by atoms with Crippen LogP contribution in [0.15, 0.2) is 30.3 Å². The fourth-order valence-corrected chi connectivity index (χ4v) is 2.06. The first-order valence-electron chi connectivity index (χ1n) is 6.90. The van der Waals surface area contributed by atoms with Crippen molar-refractivity contribution in [3.05, 3.63) is 41.8 Å². The standard InChI is InChI=1S/C15H17FN4/c1-2-17-15-19-13(10-7-8-10)9-14(20-15)18-12-6-4-3-5-11(12)16/h3-6,9-10H,2,7-8H2,1H3,(H2,17,18,19,20). The van der Waals surface area contributed by atoms with Crippen LogP contribution in [0.3, 0.4) is 0 Å². The van der Waals surface area contributed by atoms with Gasteiger partial charge in [0.1, 0.15) is 11.6 Å². The molecule has 104 valence electrons. The van der Waals surface area contributed by atoms with E-state index in [0.29, 0.717) is 23.4 Å². The number of para-hydroxylation sites is 1. The van der Waals surface area contributed by atoms with Crippen LogP contribution in [-0.4, -0.2) is 16.5 Å². The second kappa shape index (κ2) is 5.45. The monoisotopic (exact) mass is 272 g/mol. The van der Waals surface area contributed by atoms with E-state index in [9.17, 15) is 4.39 Å². The molecule has 20 heavy (non-hydrogen) atoms. The molecule has 0 atom stereocenters. The Morgan fingerprint density at radius 2 is 2.05 bits per heavy atom. The molecule has 3 rings (SSSR count). The number of hydrogen-bond acceptors (Lipinski definition) is 4. The van der Waals surface area contributed by atoms with Crippen molar-refractivity contribution in [2.45, 2.75) is 25.7 Å². The van der Waals surface area contributed by atoms with Crippen LogP contribution in [0.1, 0.15) is 31.4 Å². The Bertz CT molecular complexity index is 611. The van der Waals surface area contributed by atoms with Gasteiger partial charge >= 0.3 is 0 Å². The number of rotatable bonds is 5. The van der Waals surface area contributed by atoms with Crippen LogP contribution in [-0.2, 0) is 0 Å². The molecule has 0 radical (unpaired) electrons. The zero-order valence-corrected chi connectivity index (χ0v) is 11.4. The van der Waals surface area contributed by atoms with Crippen LogP contribution < -0.4 is 10.6 Å². The molecule has 2 aromatic rings. The molecule has 1 aliphatic rings. The van der Waals surface area contributed by atoms with Crippen LogP contribution in [0.25, 0.3) is 0 Å². The Morgan fingerprint density at radius 3 is 2.75 bits per heavy atom. The number of halogens is 1. The highest BCUT2D eigenvalue weighted by atomic mass is 19.1. The van der Waals surface area contributed by atoms with Crippen LogP contribution in [0, 0.1) is 5.82 Å². The molecule has 1 saturated carbocycles. The lowest BCUT2D eigenvalue weighted by atomic mass is 10.2. The van der Waals surface area contributed by atoms with Gasteiger partial charge in [0, 0.05) is 18.5 Å². The maximum absolute atomic E-state index is 13.7. The van der Waals surface area contributed by atoms with Gasteiger partial charge in [0.05, 0.1) is 11.4 Å². The molecule has 1 fully saturated rings. The topological polar surface area (TPSA) is 49.8 Å². The van der Waals surface area contributed by atoms with Gasteiger partial charge in [-0.1, -0.05) is 12.1 Å². The minimum atomic E-state index is -0.288. The van der Waals surface area contributed by atoms with E-state index in [1.165, 1.54) is 18.9 Å². The predicted molar refractivity (Wildman–Crippen MR) is 77.9 cm³/mol. The van der Waals surface area contributed by atoms with Crippen molar-refractivity contribution < 1.29 is 4.39 Å². The second-order valence-electron chi connectivity index (χ2n) is 4.91. The molecule has 1 aliphatic carbocycles. The molecule has 1 heterocycles. The molecule has 0 bridgehead atoms. The number of hydrogen-bond donors (Lipinski definition) is 2. The molecule has 0 unspecified atom stereocenters. The number of benzene rings is 1. The second-order valence-corrected chi connectivity index (χ2v) is 4.91. The summed E-state index contributed by atoms with van der Waals surface area (Å²) in [5.74, 6) is 1.46. The van der Waals surface area contributed by atoms with Gasteiger partial charge in [-0.25, -0.2) is 9.37 Å². The number of nitrogens with one attached hydrogen (secondary N) is 2. The van der Waals surface area contributed by atoms with Crippen LogP contribution >= 0.6 is 0 Å². The van der Waals surface area contributed by atoms with E-state index in [1.54, 1.807) is 18.2 Å². The zero-order valence-electron chi connectivity index (χ0n) is 11.4. The van der Waals surface area contributed by atoms with E-state index in [0.717, 1.165) is 12.2 Å². The Hall–Kier alpha value is -2.17. The third-order valence-electron chi connectivity index (χ3n) is 3.21. The van der Waals surface area contributed by atoms with Gasteiger partial charge in [-0.05, 0) is 31.9 Å². The maximum atomic E-state index is 13.7. The molecule has 4 nitrogen and oxygen atoms in total. The molecule has 0 spiro atoms. The van der Waals surface area contributed by atoms with Gasteiger partial charge in [-0.3, -0.25) is 0 Å². The molecule has 0 saturated heterocycles. The summed E-state index contributed by atoms with van der Waals surface area (Å²) in [6.45, 7) is 2.75. The van der Waals surface area contributed by atoms with E-state index in [4.69, 9.17) is 0 Å². The van der Waals surface area contributed by atoms with Crippen molar-refractivity contribution in [2.24, 2.45) is 0 Å². The summed E-state index contributed by atoms with van der Waals surface area (Å²) in [6, 6.07) is 8.49. The number of nitrogens with zero attached hydrogens (tertiary/aromatic N) is 2. The number of aromatic nitrogens is 2. The van der Waals surface area contributed by atoms with Gasteiger partial charge in [0.25, 0.3) is 0 Å². The van der Waals surface area contributed by atoms with Gasteiger partial charge in [0.15, 0.2) is 0 Å². The normalized spacial score (nSPS) is 14.1. The summed E-state index contributed by atoms with van der Waals surface area (Å²) in [7, 11) is 0. The molecule has 5 heteroatoms. The third kappa shape index (κ3) is 2.87. The Labute approximate surface area is 117 Å². The molecule has 0 aliphatic heterocycles. The van der Waals surface area contributed by atoms with Gasteiger partial charge in [0.2, 0.25) is 5.95 Å². The van der Waals surface area contributed by atoms with Crippen LogP contribution in [0.4, 0.5) is 21.8 Å². The third-order valence-corrected chi connectivity index (χ3v) is 3.21. The van der Waals surface area contributed by atoms with Gasteiger partial charge in [-0.15, -0.1) is 0 Å². The van der Waals surface area contributed by atoms with E-state index in [1.807, 2.05) is 13.0 Å². The smallest absolute Gasteiger partial charge is 0.224 e. The summed E-state index contributed by atoms with van der Waals surface area (Å²) in [5.41, 5.74) is 1.45. The summed E-state index contributed by atoms with van der Waals surface area (Å²) in [6.07, 6.45) is 2.34. The Kier molecular flexibility index (Phi) is 3.50. The first kappa shape index (κ1) is 12.8. The lowest BCUT2D eigenvalue weighted by Crippen LogP contribution is -2.06. The van der Waals surface area contributed by atoms with E-state index < -0.39 is 0 Å². The van der Waals surface area contributed by atoms with Gasteiger partial charge in [-0.2, -0.15) is 4.98 Å². The fourth-order valence-electron chi connectivity index (χ4n) is 2.06. The highest BCUT2D eigenvalue weighted by Crippen LogP contribution is 2.40. The van der Waals surface area contributed by atoms with Crippen molar-refractivity contribution in [1.29, 1.82) is 0 Å². The molecule has 1 aromatic carbocycles. The Morgan fingerprint density at radius 1 is 1.25 bits per heavy atom. The van der Waals surface area contributed by atoms with Crippen LogP contribution in [0.5, 0.6) is 0 Å². The highest BCUT2D eigenvalue weighted by Gasteiger charge is 2.26. The van der Waals surface area contributed by atoms with E-state index in [-0.39, 0.29) is 5.82 Å². The minimum Gasteiger partial charge on any atom is -0.354 e. The van der Waals surface area contributed by atoms with E-state index in [2.05, 4.69) is 20.6 Å². The van der Waals surface area contributed by atoms with Gasteiger partial charge < -0.3 is 10.6 Å². The molecular weight excluding hydrogens is 255 g/mol. The largest absolute Gasteiger partial charge is 0.354 e. The average molecular weight is 272 g/mol. The highest BCUT2D eigenvalue weighted by molar-refractivity contribution is 5.58. The quantitative estimate of drug-likeness (QED) is 0.872. The summed E-state index contributed by atoms with van der Waals surface area (Å²) in [4.78, 5) is 8.86. The van der Waals surface area contributed by atoms with Crippen molar-refractivity contribution in [1.82, 2.24) is 9.97 Å². The molecule has 2 N–H and O–H groups in total. The van der Waals surface area contributed by atoms with Crippen molar-refractivity contribution in [3.8, 4) is 0 Å². The number of anilines is 3. The maximum Gasteiger partial charge on any atom is 0.224 e. The molecule has 0 amide bonds. The fraction of sp³-hybridized carbons (Fsp3) is 0.333. The van der Waals surface area contributed by atoms with Crippen molar-refractivity contribution >= 4 is 17.5 Å². The summed E-state index contributed by atoms with van der Waals surface area (Å²) < 4.78 is 13.7. The SMILES string of the molecule is CCNc1nc(Nc2ccccc2F)cc(C2CC2)n1. The van der Waals surface area contributed by atoms with E-state index >= 15 is 0 Å². The van der Waals surface area contributed by atoms with Crippen molar-refractivity contribution in [2.75, 3.05) is 17.2 Å². The molecular formula is C15H17FN4. The van der Waals surface area contributed by atoms with Crippen LogP contribution in [0.2, 0.25) is 0 Å².